The van der Waals surface area contributed by atoms with Crippen LogP contribution in [-0.4, -0.2) is 20.3 Å². The first-order valence-corrected chi connectivity index (χ1v) is 8.75. The highest BCUT2D eigenvalue weighted by Gasteiger charge is 2.21. The van der Waals surface area contributed by atoms with Crippen molar-refractivity contribution in [3.8, 4) is 0 Å². The number of fused-ring (bicyclic) bond motifs is 2. The number of oxazole rings is 1. The molecule has 4 aromatic rings. The van der Waals surface area contributed by atoms with E-state index in [1.165, 1.54) is 4.57 Å². The van der Waals surface area contributed by atoms with Crippen LogP contribution in [0.2, 0.25) is 0 Å². The van der Waals surface area contributed by atoms with Crippen LogP contribution in [0.15, 0.2) is 51.7 Å². The first-order chi connectivity index (χ1) is 13.0. The van der Waals surface area contributed by atoms with Gasteiger partial charge in [-0.1, -0.05) is 23.8 Å². The van der Waals surface area contributed by atoms with Gasteiger partial charge in [-0.3, -0.25) is 14.0 Å². The molecule has 7 nitrogen and oxygen atoms in total. The van der Waals surface area contributed by atoms with E-state index in [1.54, 1.807) is 35.9 Å². The zero-order valence-electron chi connectivity index (χ0n) is 15.4. The van der Waals surface area contributed by atoms with Crippen molar-refractivity contribution < 1.29 is 9.21 Å². The summed E-state index contributed by atoms with van der Waals surface area (Å²) in [4.78, 5) is 24.8. The summed E-state index contributed by atoms with van der Waals surface area (Å²) in [5, 5.41) is 8.41. The van der Waals surface area contributed by atoms with Crippen LogP contribution in [0.3, 0.4) is 0 Å². The van der Waals surface area contributed by atoms with Crippen LogP contribution in [0.1, 0.15) is 24.2 Å². The number of nitrogens with zero attached hydrogens (tertiary/aromatic N) is 3. The van der Waals surface area contributed by atoms with E-state index in [9.17, 15) is 9.59 Å². The Morgan fingerprint density at radius 1 is 1.22 bits per heavy atom. The SMILES string of the molecule is Cc1ccc2c(c1)c(CNC(=O)[C@@H](C)n1c(=O)oc3ccccc31)nn2C. The molecule has 4 rings (SSSR count). The molecule has 0 aliphatic carbocycles. The Hall–Kier alpha value is -3.35. The van der Waals surface area contributed by atoms with E-state index in [1.807, 2.05) is 26.1 Å². The van der Waals surface area contributed by atoms with Crippen LogP contribution < -0.4 is 11.1 Å². The minimum absolute atomic E-state index is 0.268. The first kappa shape index (κ1) is 17.1. The average Bonchev–Trinajstić information content (AvgIpc) is 3.14. The van der Waals surface area contributed by atoms with Gasteiger partial charge in [-0.2, -0.15) is 5.10 Å². The van der Waals surface area contributed by atoms with Gasteiger partial charge in [0.1, 0.15) is 6.04 Å². The summed E-state index contributed by atoms with van der Waals surface area (Å²) in [6.07, 6.45) is 0. The van der Waals surface area contributed by atoms with Gasteiger partial charge in [0.05, 0.1) is 23.3 Å². The zero-order chi connectivity index (χ0) is 19.1. The zero-order valence-corrected chi connectivity index (χ0v) is 15.4. The summed E-state index contributed by atoms with van der Waals surface area (Å²) in [6.45, 7) is 3.99. The van der Waals surface area contributed by atoms with Gasteiger partial charge >= 0.3 is 5.76 Å². The molecule has 1 amide bonds. The van der Waals surface area contributed by atoms with Crippen LogP contribution in [0.5, 0.6) is 0 Å². The summed E-state index contributed by atoms with van der Waals surface area (Å²) in [6, 6.07) is 12.5. The number of para-hydroxylation sites is 2. The Balaban J connectivity index is 1.59. The molecule has 138 valence electrons. The second kappa shape index (κ2) is 6.42. The maximum Gasteiger partial charge on any atom is 0.420 e. The van der Waals surface area contributed by atoms with Crippen molar-refractivity contribution in [2.24, 2.45) is 7.05 Å². The highest BCUT2D eigenvalue weighted by atomic mass is 16.4. The number of hydrogen-bond donors (Lipinski definition) is 1. The number of aromatic nitrogens is 3. The van der Waals surface area contributed by atoms with E-state index in [4.69, 9.17) is 4.42 Å². The number of aryl methyl sites for hydroxylation is 2. The number of rotatable bonds is 4. The predicted molar refractivity (Wildman–Crippen MR) is 102 cm³/mol. The molecule has 0 radical (unpaired) electrons. The number of hydrogen-bond acceptors (Lipinski definition) is 4. The molecule has 27 heavy (non-hydrogen) atoms. The number of carbonyl (C=O) groups is 1. The van der Waals surface area contributed by atoms with E-state index in [2.05, 4.69) is 16.5 Å². The van der Waals surface area contributed by atoms with Gasteiger partial charge in [-0.05, 0) is 38.1 Å². The Kier molecular flexibility index (Phi) is 4.07. The van der Waals surface area contributed by atoms with E-state index in [0.29, 0.717) is 11.1 Å². The molecule has 2 aromatic carbocycles. The molecule has 0 aliphatic heterocycles. The molecule has 1 atom stereocenters. The third-order valence-corrected chi connectivity index (χ3v) is 4.80. The van der Waals surface area contributed by atoms with E-state index in [-0.39, 0.29) is 12.5 Å². The summed E-state index contributed by atoms with van der Waals surface area (Å²) in [5.74, 6) is -0.812. The molecule has 0 saturated carbocycles. The molecule has 0 spiro atoms. The lowest BCUT2D eigenvalue weighted by molar-refractivity contribution is -0.124. The van der Waals surface area contributed by atoms with Crippen LogP contribution in [0.4, 0.5) is 0 Å². The van der Waals surface area contributed by atoms with Crippen LogP contribution >= 0.6 is 0 Å². The molecule has 2 heterocycles. The second-order valence-corrected chi connectivity index (χ2v) is 6.69. The quantitative estimate of drug-likeness (QED) is 0.604. The Morgan fingerprint density at radius 3 is 2.81 bits per heavy atom. The van der Waals surface area contributed by atoms with Gasteiger partial charge in [0.25, 0.3) is 0 Å². The second-order valence-electron chi connectivity index (χ2n) is 6.69. The molecule has 7 heteroatoms. The minimum atomic E-state index is -0.696. The molecule has 2 aromatic heterocycles. The topological polar surface area (TPSA) is 82.1 Å². The van der Waals surface area contributed by atoms with Gasteiger partial charge in [-0.25, -0.2) is 4.79 Å². The fourth-order valence-electron chi connectivity index (χ4n) is 3.37. The lowest BCUT2D eigenvalue weighted by Crippen LogP contribution is -2.34. The van der Waals surface area contributed by atoms with Crippen LogP contribution in [0, 0.1) is 6.92 Å². The predicted octanol–water partition coefficient (Wildman–Crippen LogP) is 2.67. The third kappa shape index (κ3) is 2.91. The Labute approximate surface area is 155 Å². The van der Waals surface area contributed by atoms with Gasteiger partial charge in [0.2, 0.25) is 5.91 Å². The van der Waals surface area contributed by atoms with Crippen LogP contribution in [0.25, 0.3) is 22.0 Å². The lowest BCUT2D eigenvalue weighted by atomic mass is 10.1. The largest absolute Gasteiger partial charge is 0.420 e. The number of nitrogens with one attached hydrogen (secondary N) is 1. The average molecular weight is 364 g/mol. The molecule has 0 unspecified atom stereocenters. The molecule has 0 bridgehead atoms. The molecular weight excluding hydrogens is 344 g/mol. The first-order valence-electron chi connectivity index (χ1n) is 8.75. The van der Waals surface area contributed by atoms with Crippen molar-refractivity contribution in [3.05, 3.63) is 64.3 Å². The van der Waals surface area contributed by atoms with Gasteiger partial charge in [0, 0.05) is 12.4 Å². The maximum atomic E-state index is 12.7. The molecular formula is C20H20N4O3. The van der Waals surface area contributed by atoms with Crippen molar-refractivity contribution in [2.75, 3.05) is 0 Å². The number of amides is 1. The van der Waals surface area contributed by atoms with Crippen molar-refractivity contribution >= 4 is 27.9 Å². The van der Waals surface area contributed by atoms with Gasteiger partial charge < -0.3 is 9.73 Å². The highest BCUT2D eigenvalue weighted by molar-refractivity contribution is 5.85. The smallest absolute Gasteiger partial charge is 0.408 e. The summed E-state index contributed by atoms with van der Waals surface area (Å²) in [5.41, 5.74) is 4.00. The van der Waals surface area contributed by atoms with Crippen molar-refractivity contribution in [3.63, 3.8) is 0 Å². The van der Waals surface area contributed by atoms with Gasteiger partial charge in [0.15, 0.2) is 5.58 Å². The van der Waals surface area contributed by atoms with Crippen molar-refractivity contribution in [1.29, 1.82) is 0 Å². The monoisotopic (exact) mass is 364 g/mol. The lowest BCUT2D eigenvalue weighted by Gasteiger charge is -2.12. The van der Waals surface area contributed by atoms with E-state index in [0.717, 1.165) is 22.2 Å². The normalized spacial score (nSPS) is 12.6. The van der Waals surface area contributed by atoms with E-state index < -0.39 is 11.8 Å². The summed E-state index contributed by atoms with van der Waals surface area (Å²) in [7, 11) is 1.88. The fourth-order valence-corrected chi connectivity index (χ4v) is 3.37. The maximum absolute atomic E-state index is 12.7. The molecule has 1 N–H and O–H groups in total. The number of carbonyl (C=O) groups excluding carboxylic acids is 1. The minimum Gasteiger partial charge on any atom is -0.408 e. The van der Waals surface area contributed by atoms with Gasteiger partial charge in [-0.15, -0.1) is 0 Å². The number of benzene rings is 2. The Bertz CT molecular complexity index is 1220. The fraction of sp³-hybridized carbons (Fsp3) is 0.250. The standard InChI is InChI=1S/C20H20N4O3/c1-12-8-9-16-14(10-12)15(22-23(16)3)11-21-19(25)13(2)24-17-6-4-5-7-18(17)27-20(24)26/h4-10,13H,11H2,1-3H3,(H,21,25)/t13-/m1/s1. The molecule has 0 aliphatic rings. The molecule has 0 fully saturated rings. The Morgan fingerprint density at radius 2 is 2.00 bits per heavy atom. The third-order valence-electron chi connectivity index (χ3n) is 4.80. The van der Waals surface area contributed by atoms with Crippen molar-refractivity contribution in [2.45, 2.75) is 26.4 Å². The molecule has 0 saturated heterocycles. The summed E-state index contributed by atoms with van der Waals surface area (Å²) < 4.78 is 8.38. The van der Waals surface area contributed by atoms with Crippen LogP contribution in [-0.2, 0) is 18.4 Å². The van der Waals surface area contributed by atoms with Crippen molar-refractivity contribution in [1.82, 2.24) is 19.7 Å². The highest BCUT2D eigenvalue weighted by Crippen LogP contribution is 2.20. The summed E-state index contributed by atoms with van der Waals surface area (Å²) >= 11 is 0. The van der Waals surface area contributed by atoms with E-state index >= 15 is 0 Å².